The van der Waals surface area contributed by atoms with Gasteiger partial charge in [0.25, 0.3) is 5.91 Å². The van der Waals surface area contributed by atoms with Gasteiger partial charge in [-0.15, -0.1) is 0 Å². The number of nitrogens with zero attached hydrogens (tertiary/aromatic N) is 2. The van der Waals surface area contributed by atoms with Gasteiger partial charge >= 0.3 is 0 Å². The summed E-state index contributed by atoms with van der Waals surface area (Å²) in [6.07, 6.45) is 4.58. The number of aryl methyl sites for hydroxylation is 1. The minimum absolute atomic E-state index is 0.124. The van der Waals surface area contributed by atoms with Crippen LogP contribution in [0.3, 0.4) is 0 Å². The monoisotopic (exact) mass is 355 g/mol. The number of hydrogen-bond acceptors (Lipinski definition) is 2. The number of hydrogen-bond donors (Lipinski definition) is 1. The molecule has 1 amide bonds. The molecule has 0 radical (unpaired) electrons. The molecule has 0 aliphatic rings. The lowest BCUT2D eigenvalue weighted by Gasteiger charge is -2.16. The Balaban J connectivity index is 1.64. The van der Waals surface area contributed by atoms with E-state index in [0.717, 1.165) is 6.07 Å². The second-order valence-electron chi connectivity index (χ2n) is 6.13. The molecule has 1 unspecified atom stereocenters. The van der Waals surface area contributed by atoms with Crippen LogP contribution < -0.4 is 5.32 Å². The molecule has 0 aliphatic carbocycles. The zero-order chi connectivity index (χ0) is 18.5. The second-order valence-corrected chi connectivity index (χ2v) is 6.13. The van der Waals surface area contributed by atoms with Gasteiger partial charge in [-0.25, -0.2) is 13.5 Å². The molecule has 1 aromatic heterocycles. The van der Waals surface area contributed by atoms with Crippen molar-refractivity contribution in [1.29, 1.82) is 0 Å². The highest BCUT2D eigenvalue weighted by Crippen LogP contribution is 2.15. The summed E-state index contributed by atoms with van der Waals surface area (Å²) in [5.41, 5.74) is 1.92. The summed E-state index contributed by atoms with van der Waals surface area (Å²) in [6, 6.07) is 12.8. The number of rotatable bonds is 6. The number of aromatic nitrogens is 2. The Bertz CT molecular complexity index is 894. The maximum atomic E-state index is 13.3. The van der Waals surface area contributed by atoms with Gasteiger partial charge in [-0.2, -0.15) is 5.10 Å². The maximum absolute atomic E-state index is 13.3. The van der Waals surface area contributed by atoms with Crippen LogP contribution in [0.15, 0.2) is 60.9 Å². The first-order chi connectivity index (χ1) is 12.5. The van der Waals surface area contributed by atoms with Gasteiger partial charge in [0, 0.05) is 18.4 Å². The average molecular weight is 355 g/mol. The lowest BCUT2D eigenvalue weighted by Crippen LogP contribution is -2.33. The molecule has 3 rings (SSSR count). The summed E-state index contributed by atoms with van der Waals surface area (Å²) in [5, 5.41) is 7.12. The van der Waals surface area contributed by atoms with Gasteiger partial charge in [0.2, 0.25) is 0 Å². The molecule has 2 aromatic carbocycles. The van der Waals surface area contributed by atoms with Crippen molar-refractivity contribution in [2.45, 2.75) is 25.8 Å². The molecular formula is C20H19F2N3O. The van der Waals surface area contributed by atoms with Gasteiger partial charge in [-0.3, -0.25) is 4.79 Å². The number of amides is 1. The quantitative estimate of drug-likeness (QED) is 0.729. The molecule has 0 bridgehead atoms. The topological polar surface area (TPSA) is 46.9 Å². The smallest absolute Gasteiger partial charge is 0.253 e. The lowest BCUT2D eigenvalue weighted by atomic mass is 10.1. The molecule has 0 saturated carbocycles. The molecule has 1 N–H and O–H groups in total. The molecule has 134 valence electrons. The van der Waals surface area contributed by atoms with E-state index in [1.165, 1.54) is 6.07 Å². The fourth-order valence-electron chi connectivity index (χ4n) is 2.73. The highest BCUT2D eigenvalue weighted by Gasteiger charge is 2.15. The van der Waals surface area contributed by atoms with E-state index < -0.39 is 11.6 Å². The number of benzene rings is 2. The summed E-state index contributed by atoms with van der Waals surface area (Å²) in [7, 11) is 0. The number of carbonyl (C=O) groups excluding carboxylic acids is 1. The summed E-state index contributed by atoms with van der Waals surface area (Å²) in [4.78, 5) is 12.6. The Morgan fingerprint density at radius 3 is 2.69 bits per heavy atom. The van der Waals surface area contributed by atoms with E-state index in [2.05, 4.69) is 10.4 Å². The zero-order valence-electron chi connectivity index (χ0n) is 14.3. The molecule has 1 heterocycles. The van der Waals surface area contributed by atoms with Crippen LogP contribution in [0.2, 0.25) is 0 Å². The molecule has 0 saturated heterocycles. The summed E-state index contributed by atoms with van der Waals surface area (Å²) in [6.45, 7) is 1.88. The zero-order valence-corrected chi connectivity index (χ0v) is 14.3. The third-order valence-electron chi connectivity index (χ3n) is 4.13. The van der Waals surface area contributed by atoms with E-state index in [9.17, 15) is 13.6 Å². The van der Waals surface area contributed by atoms with Crippen LogP contribution in [-0.4, -0.2) is 21.7 Å². The van der Waals surface area contributed by atoms with Gasteiger partial charge in [0.1, 0.15) is 0 Å². The number of para-hydroxylation sites is 1. The Morgan fingerprint density at radius 2 is 1.96 bits per heavy atom. The predicted octanol–water partition coefficient (Wildman–Crippen LogP) is 3.90. The number of carbonyl (C=O) groups is 1. The second kappa shape index (κ2) is 7.91. The van der Waals surface area contributed by atoms with Gasteiger partial charge in [-0.1, -0.05) is 18.2 Å². The Kier molecular flexibility index (Phi) is 5.41. The van der Waals surface area contributed by atoms with Crippen LogP contribution in [0, 0.1) is 11.6 Å². The lowest BCUT2D eigenvalue weighted by molar-refractivity contribution is 0.0938. The van der Waals surface area contributed by atoms with Crippen LogP contribution in [-0.2, 0) is 6.42 Å². The standard InChI is InChI=1S/C20H19F2N3O/c1-14(7-8-15-9-10-17(21)18(22)13-15)24-20(26)16-5-2-3-6-19(16)25-12-4-11-23-25/h2-6,9-14H,7-8H2,1H3,(H,24,26). The van der Waals surface area contributed by atoms with Crippen LogP contribution >= 0.6 is 0 Å². The van der Waals surface area contributed by atoms with Crippen molar-refractivity contribution in [3.05, 3.63) is 83.7 Å². The average Bonchev–Trinajstić information content (AvgIpc) is 3.17. The number of halogens is 2. The third-order valence-corrected chi connectivity index (χ3v) is 4.13. The van der Waals surface area contributed by atoms with E-state index in [1.54, 1.807) is 41.3 Å². The molecule has 0 spiro atoms. The van der Waals surface area contributed by atoms with Gasteiger partial charge in [0.05, 0.1) is 11.3 Å². The van der Waals surface area contributed by atoms with Crippen molar-refractivity contribution in [3.63, 3.8) is 0 Å². The van der Waals surface area contributed by atoms with Crippen molar-refractivity contribution in [2.75, 3.05) is 0 Å². The normalized spacial score (nSPS) is 12.0. The van der Waals surface area contributed by atoms with E-state index in [-0.39, 0.29) is 11.9 Å². The molecule has 3 aromatic rings. The van der Waals surface area contributed by atoms with E-state index in [0.29, 0.717) is 29.7 Å². The third kappa shape index (κ3) is 4.14. The predicted molar refractivity (Wildman–Crippen MR) is 95.2 cm³/mol. The molecule has 4 nitrogen and oxygen atoms in total. The minimum Gasteiger partial charge on any atom is -0.350 e. The van der Waals surface area contributed by atoms with Crippen molar-refractivity contribution in [3.8, 4) is 5.69 Å². The van der Waals surface area contributed by atoms with Crippen LogP contribution in [0.4, 0.5) is 8.78 Å². The van der Waals surface area contributed by atoms with Crippen LogP contribution in [0.5, 0.6) is 0 Å². The fraction of sp³-hybridized carbons (Fsp3) is 0.200. The maximum Gasteiger partial charge on any atom is 0.253 e. The SMILES string of the molecule is CC(CCc1ccc(F)c(F)c1)NC(=O)c1ccccc1-n1cccn1. The van der Waals surface area contributed by atoms with Gasteiger partial charge in [0.15, 0.2) is 11.6 Å². The number of nitrogens with one attached hydrogen (secondary N) is 1. The molecule has 1 atom stereocenters. The largest absolute Gasteiger partial charge is 0.350 e. The summed E-state index contributed by atoms with van der Waals surface area (Å²) in [5.74, 6) is -1.91. The van der Waals surface area contributed by atoms with E-state index >= 15 is 0 Å². The Hall–Kier alpha value is -3.02. The van der Waals surface area contributed by atoms with Gasteiger partial charge < -0.3 is 5.32 Å². The summed E-state index contributed by atoms with van der Waals surface area (Å²) >= 11 is 0. The van der Waals surface area contributed by atoms with Crippen LogP contribution in [0.1, 0.15) is 29.3 Å². The Labute approximate surface area is 150 Å². The highest BCUT2D eigenvalue weighted by molar-refractivity contribution is 5.97. The Morgan fingerprint density at radius 1 is 1.15 bits per heavy atom. The molecule has 0 aliphatic heterocycles. The van der Waals surface area contributed by atoms with Crippen molar-refractivity contribution in [2.24, 2.45) is 0 Å². The van der Waals surface area contributed by atoms with E-state index in [4.69, 9.17) is 0 Å². The highest BCUT2D eigenvalue weighted by atomic mass is 19.2. The van der Waals surface area contributed by atoms with Crippen molar-refractivity contribution in [1.82, 2.24) is 15.1 Å². The van der Waals surface area contributed by atoms with Crippen LogP contribution in [0.25, 0.3) is 5.69 Å². The first-order valence-electron chi connectivity index (χ1n) is 8.38. The molecule has 6 heteroatoms. The van der Waals surface area contributed by atoms with E-state index in [1.807, 2.05) is 19.1 Å². The molecular weight excluding hydrogens is 336 g/mol. The summed E-state index contributed by atoms with van der Waals surface area (Å²) < 4.78 is 27.9. The van der Waals surface area contributed by atoms with Crippen molar-refractivity contribution >= 4 is 5.91 Å². The molecule has 26 heavy (non-hydrogen) atoms. The minimum atomic E-state index is -0.856. The molecule has 0 fully saturated rings. The first-order valence-corrected chi connectivity index (χ1v) is 8.38. The first kappa shape index (κ1) is 17.8. The van der Waals surface area contributed by atoms with Crippen molar-refractivity contribution < 1.29 is 13.6 Å². The fourth-order valence-corrected chi connectivity index (χ4v) is 2.73. The van der Waals surface area contributed by atoms with Gasteiger partial charge in [-0.05, 0) is 55.7 Å².